The second-order valence-electron chi connectivity index (χ2n) is 3.89. The van der Waals surface area contributed by atoms with Crippen molar-refractivity contribution in [2.75, 3.05) is 12.3 Å². The van der Waals surface area contributed by atoms with Gasteiger partial charge in [0.1, 0.15) is 5.75 Å². The molecule has 20 heavy (non-hydrogen) atoms. The number of esters is 1. The number of hydrogen-bond donors (Lipinski definition) is 1. The van der Waals surface area contributed by atoms with Gasteiger partial charge in [-0.05, 0) is 53.8 Å². The molecule has 0 atom stereocenters. The molecular weight excluding hydrogens is 371 g/mol. The van der Waals surface area contributed by atoms with Crippen LogP contribution in [-0.2, 0) is 4.74 Å². The number of pyridine rings is 1. The largest absolute Gasteiger partial charge is 0.462 e. The van der Waals surface area contributed by atoms with E-state index < -0.39 is 5.97 Å². The van der Waals surface area contributed by atoms with Crippen molar-refractivity contribution in [2.45, 2.75) is 6.92 Å². The van der Waals surface area contributed by atoms with Crippen molar-refractivity contribution in [2.24, 2.45) is 0 Å². The number of ether oxygens (including phenoxy) is 2. The quantitative estimate of drug-likeness (QED) is 0.647. The van der Waals surface area contributed by atoms with Gasteiger partial charge < -0.3 is 15.2 Å². The lowest BCUT2D eigenvalue weighted by Gasteiger charge is -2.08. The highest BCUT2D eigenvalue weighted by molar-refractivity contribution is 14.1. The lowest BCUT2D eigenvalue weighted by molar-refractivity contribution is 0.0527. The molecule has 0 spiro atoms. The maximum Gasteiger partial charge on any atom is 0.340 e. The summed E-state index contributed by atoms with van der Waals surface area (Å²) in [5.74, 6) is 0.445. The Hall–Kier alpha value is -1.83. The molecule has 1 aromatic heterocycles. The van der Waals surface area contributed by atoms with Crippen molar-refractivity contribution in [3.05, 3.63) is 45.7 Å². The number of halogens is 1. The maximum atomic E-state index is 11.7. The van der Waals surface area contributed by atoms with Crippen LogP contribution in [-0.4, -0.2) is 17.6 Å². The number of hydrogen-bond acceptors (Lipinski definition) is 5. The Bertz CT molecular complexity index is 614. The summed E-state index contributed by atoms with van der Waals surface area (Å²) >= 11 is 2.21. The highest BCUT2D eigenvalue weighted by atomic mass is 127. The van der Waals surface area contributed by atoms with Crippen LogP contribution in [0.5, 0.6) is 11.6 Å². The lowest BCUT2D eigenvalue weighted by atomic mass is 10.2. The van der Waals surface area contributed by atoms with E-state index in [0.717, 1.165) is 3.57 Å². The number of aromatic nitrogens is 1. The molecule has 2 aromatic rings. The van der Waals surface area contributed by atoms with E-state index >= 15 is 0 Å². The smallest absolute Gasteiger partial charge is 0.340 e. The zero-order valence-corrected chi connectivity index (χ0v) is 13.0. The van der Waals surface area contributed by atoms with Crippen molar-refractivity contribution < 1.29 is 14.3 Å². The van der Waals surface area contributed by atoms with Crippen molar-refractivity contribution >= 4 is 34.2 Å². The van der Waals surface area contributed by atoms with Gasteiger partial charge in [-0.1, -0.05) is 0 Å². The minimum atomic E-state index is -0.486. The first-order valence-corrected chi connectivity index (χ1v) is 7.04. The van der Waals surface area contributed by atoms with E-state index in [1.807, 2.05) is 24.3 Å². The van der Waals surface area contributed by atoms with Crippen molar-refractivity contribution in [3.8, 4) is 11.6 Å². The van der Waals surface area contributed by atoms with E-state index in [0.29, 0.717) is 11.6 Å². The fourth-order valence-corrected chi connectivity index (χ4v) is 1.87. The van der Waals surface area contributed by atoms with Crippen molar-refractivity contribution in [1.29, 1.82) is 0 Å². The molecule has 0 amide bonds. The summed E-state index contributed by atoms with van der Waals surface area (Å²) in [4.78, 5) is 15.8. The predicted octanol–water partition coefficient (Wildman–Crippen LogP) is 3.24. The second kappa shape index (κ2) is 6.56. The molecule has 104 valence electrons. The molecule has 0 saturated carbocycles. The summed E-state index contributed by atoms with van der Waals surface area (Å²) in [5.41, 5.74) is 6.23. The summed E-state index contributed by atoms with van der Waals surface area (Å²) in [6.45, 7) is 2.02. The van der Waals surface area contributed by atoms with Gasteiger partial charge in [0.25, 0.3) is 0 Å². The van der Waals surface area contributed by atoms with E-state index in [2.05, 4.69) is 27.6 Å². The fraction of sp³-hybridized carbons (Fsp3) is 0.143. The van der Waals surface area contributed by atoms with Crippen LogP contribution in [0.1, 0.15) is 17.3 Å². The summed E-state index contributed by atoms with van der Waals surface area (Å²) in [5, 5.41) is 0. The first kappa shape index (κ1) is 14.6. The molecular formula is C14H13IN2O3. The number of carbonyl (C=O) groups excluding carboxylic acids is 1. The van der Waals surface area contributed by atoms with Gasteiger partial charge in [0.05, 0.1) is 24.1 Å². The van der Waals surface area contributed by atoms with Gasteiger partial charge in [-0.2, -0.15) is 0 Å². The zero-order valence-electron chi connectivity index (χ0n) is 10.8. The molecule has 6 heteroatoms. The SMILES string of the molecule is CCOC(=O)c1cc(Oc2ccc(I)cc2)ncc1N. The maximum absolute atomic E-state index is 11.7. The summed E-state index contributed by atoms with van der Waals surface area (Å²) in [6.07, 6.45) is 1.38. The monoisotopic (exact) mass is 384 g/mol. The van der Waals surface area contributed by atoms with Gasteiger partial charge in [-0.15, -0.1) is 0 Å². The topological polar surface area (TPSA) is 74.4 Å². The van der Waals surface area contributed by atoms with Crippen LogP contribution >= 0.6 is 22.6 Å². The third-order valence-electron chi connectivity index (χ3n) is 2.44. The third kappa shape index (κ3) is 3.60. The van der Waals surface area contributed by atoms with Crippen molar-refractivity contribution in [1.82, 2.24) is 4.98 Å². The Labute approximate surface area is 130 Å². The van der Waals surface area contributed by atoms with Gasteiger partial charge in [0, 0.05) is 9.64 Å². The van der Waals surface area contributed by atoms with Crippen LogP contribution in [0.3, 0.4) is 0 Å². The number of carbonyl (C=O) groups is 1. The Balaban J connectivity index is 2.22. The Morgan fingerprint density at radius 3 is 2.70 bits per heavy atom. The lowest BCUT2D eigenvalue weighted by Crippen LogP contribution is -2.08. The van der Waals surface area contributed by atoms with Gasteiger partial charge in [-0.3, -0.25) is 0 Å². The molecule has 0 fully saturated rings. The van der Waals surface area contributed by atoms with Crippen LogP contribution < -0.4 is 10.5 Å². The van der Waals surface area contributed by atoms with Crippen LogP contribution in [0.15, 0.2) is 36.5 Å². The molecule has 0 aliphatic carbocycles. The summed E-state index contributed by atoms with van der Waals surface area (Å²) in [7, 11) is 0. The Morgan fingerprint density at radius 2 is 2.05 bits per heavy atom. The molecule has 0 aliphatic rings. The first-order valence-electron chi connectivity index (χ1n) is 5.96. The molecule has 0 bridgehead atoms. The van der Waals surface area contributed by atoms with E-state index in [4.69, 9.17) is 15.2 Å². The summed E-state index contributed by atoms with van der Waals surface area (Å²) in [6, 6.07) is 8.96. The molecule has 0 aliphatic heterocycles. The number of rotatable bonds is 4. The van der Waals surface area contributed by atoms with Crippen LogP contribution in [0.4, 0.5) is 5.69 Å². The van der Waals surface area contributed by atoms with E-state index in [1.165, 1.54) is 12.3 Å². The number of nitrogen functional groups attached to an aromatic ring is 1. The highest BCUT2D eigenvalue weighted by Gasteiger charge is 2.13. The first-order chi connectivity index (χ1) is 9.60. The third-order valence-corrected chi connectivity index (χ3v) is 3.16. The normalized spacial score (nSPS) is 10.1. The number of benzene rings is 1. The van der Waals surface area contributed by atoms with E-state index in [1.54, 1.807) is 6.92 Å². The van der Waals surface area contributed by atoms with E-state index in [9.17, 15) is 4.79 Å². The molecule has 1 aromatic carbocycles. The standard InChI is InChI=1S/C14H13IN2O3/c1-2-19-14(18)11-7-13(17-8-12(11)16)20-10-5-3-9(15)4-6-10/h3-8H,2,16H2,1H3. The molecule has 2 N–H and O–H groups in total. The van der Waals surface area contributed by atoms with Gasteiger partial charge in [0.2, 0.25) is 5.88 Å². The Kier molecular flexibility index (Phi) is 4.78. The van der Waals surface area contributed by atoms with Crippen LogP contribution in [0.2, 0.25) is 0 Å². The minimum Gasteiger partial charge on any atom is -0.462 e. The highest BCUT2D eigenvalue weighted by Crippen LogP contribution is 2.23. The second-order valence-corrected chi connectivity index (χ2v) is 5.13. The average molecular weight is 384 g/mol. The average Bonchev–Trinajstić information content (AvgIpc) is 2.43. The van der Waals surface area contributed by atoms with Crippen LogP contribution in [0.25, 0.3) is 0 Å². The van der Waals surface area contributed by atoms with E-state index in [-0.39, 0.29) is 17.9 Å². The molecule has 2 rings (SSSR count). The molecule has 0 radical (unpaired) electrons. The van der Waals surface area contributed by atoms with Gasteiger partial charge in [-0.25, -0.2) is 9.78 Å². The molecule has 5 nitrogen and oxygen atoms in total. The number of nitrogens with two attached hydrogens (primary N) is 1. The molecule has 0 unspecified atom stereocenters. The Morgan fingerprint density at radius 1 is 1.35 bits per heavy atom. The fourth-order valence-electron chi connectivity index (χ4n) is 1.51. The van der Waals surface area contributed by atoms with Gasteiger partial charge in [0.15, 0.2) is 0 Å². The zero-order chi connectivity index (χ0) is 14.5. The number of nitrogens with zero attached hydrogens (tertiary/aromatic N) is 1. The van der Waals surface area contributed by atoms with Gasteiger partial charge >= 0.3 is 5.97 Å². The van der Waals surface area contributed by atoms with Crippen LogP contribution in [0, 0.1) is 3.57 Å². The van der Waals surface area contributed by atoms with Crippen molar-refractivity contribution in [3.63, 3.8) is 0 Å². The molecule has 0 saturated heterocycles. The molecule has 1 heterocycles. The minimum absolute atomic E-state index is 0.252. The summed E-state index contributed by atoms with van der Waals surface area (Å²) < 4.78 is 11.6. The predicted molar refractivity (Wildman–Crippen MR) is 83.8 cm³/mol. The number of anilines is 1.